The van der Waals surface area contributed by atoms with Crippen molar-refractivity contribution in [1.29, 1.82) is 0 Å². The minimum atomic E-state index is -0.341. The summed E-state index contributed by atoms with van der Waals surface area (Å²) in [7, 11) is 0. The van der Waals surface area contributed by atoms with Gasteiger partial charge in [0, 0.05) is 27.3 Å². The summed E-state index contributed by atoms with van der Waals surface area (Å²) in [4.78, 5) is 10.3. The monoisotopic (exact) mass is 820 g/mol. The molecule has 0 bridgehead atoms. The molecular formula is C60H44N4. The summed E-state index contributed by atoms with van der Waals surface area (Å²) >= 11 is 0. The van der Waals surface area contributed by atoms with Crippen LogP contribution in [0.25, 0.3) is 72.0 Å². The zero-order valence-corrected chi connectivity index (χ0v) is 35.7. The van der Waals surface area contributed by atoms with Crippen LogP contribution in [0, 0.1) is 0 Å². The predicted octanol–water partition coefficient (Wildman–Crippen LogP) is 14.6. The molecule has 64 heavy (non-hydrogen) atoms. The molecule has 0 saturated heterocycles. The summed E-state index contributed by atoms with van der Waals surface area (Å²) in [6, 6.07) is 78.6. The maximum Gasteiger partial charge on any atom is 0.159 e. The van der Waals surface area contributed by atoms with Crippen LogP contribution in [0.4, 0.5) is 0 Å². The minimum Gasteiger partial charge on any atom is -0.344 e. The highest BCUT2D eigenvalue weighted by atomic mass is 15.2. The van der Waals surface area contributed by atoms with Gasteiger partial charge in [0.25, 0.3) is 0 Å². The van der Waals surface area contributed by atoms with Crippen molar-refractivity contribution < 1.29 is 0 Å². The number of hydrogen-bond acceptors (Lipinski definition) is 3. The maximum atomic E-state index is 5.23. The molecule has 3 heterocycles. The first kappa shape index (κ1) is 37.7. The van der Waals surface area contributed by atoms with Gasteiger partial charge >= 0.3 is 0 Å². The second kappa shape index (κ2) is 15.1. The molecule has 1 atom stereocenters. The van der Waals surface area contributed by atoms with E-state index in [-0.39, 0.29) is 11.6 Å². The van der Waals surface area contributed by atoms with Crippen LogP contribution in [-0.2, 0) is 5.41 Å². The van der Waals surface area contributed by atoms with E-state index in [0.29, 0.717) is 5.84 Å². The van der Waals surface area contributed by atoms with E-state index in [0.717, 1.165) is 33.7 Å². The number of benzene rings is 9. The molecule has 4 heteroatoms. The van der Waals surface area contributed by atoms with E-state index in [2.05, 4.69) is 218 Å². The van der Waals surface area contributed by atoms with E-state index in [1.165, 1.54) is 72.0 Å². The molecule has 2 aliphatic rings. The van der Waals surface area contributed by atoms with Crippen LogP contribution in [0.2, 0.25) is 0 Å². The standard InChI is InChI=1S/C60H44N4/c1-60(2)52-37-47(40-18-9-4-10-19-40)31-33-55(52)64-54-32-30-46(35-50(54)51-36-49(38-53(60)56(51)64)41-20-11-5-12-21-41)45-24-15-25-48(34-45)59-62-57(43-22-13-6-14-23-43)61-58(63-59)44-28-26-42(27-29-44)39-16-7-3-8-17-39/h3-38,59H,1-2H3,(H,61,62,63). The lowest BCUT2D eigenvalue weighted by molar-refractivity contribution is 0.630. The molecule has 4 nitrogen and oxygen atoms in total. The molecule has 9 aromatic carbocycles. The average molecular weight is 821 g/mol. The fourth-order valence-corrected chi connectivity index (χ4v) is 9.86. The lowest BCUT2D eigenvalue weighted by atomic mass is 9.73. The van der Waals surface area contributed by atoms with E-state index in [1.54, 1.807) is 0 Å². The van der Waals surface area contributed by atoms with Crippen molar-refractivity contribution in [1.82, 2.24) is 9.88 Å². The van der Waals surface area contributed by atoms with Gasteiger partial charge in [-0.1, -0.05) is 190 Å². The normalized spacial score (nSPS) is 15.0. The molecule has 1 aromatic heterocycles. The second-order valence-corrected chi connectivity index (χ2v) is 17.5. The Morgan fingerprint density at radius 1 is 0.422 bits per heavy atom. The zero-order chi connectivity index (χ0) is 42.8. The summed E-state index contributed by atoms with van der Waals surface area (Å²) in [6.45, 7) is 4.78. The third kappa shape index (κ3) is 6.37. The van der Waals surface area contributed by atoms with Crippen LogP contribution < -0.4 is 5.32 Å². The van der Waals surface area contributed by atoms with Crippen molar-refractivity contribution >= 4 is 33.5 Å². The second-order valence-electron chi connectivity index (χ2n) is 17.5. The number of nitrogens with one attached hydrogen (secondary N) is 1. The number of amidine groups is 2. The number of nitrogens with zero attached hydrogens (tertiary/aromatic N) is 3. The Morgan fingerprint density at radius 2 is 0.922 bits per heavy atom. The Balaban J connectivity index is 0.976. The highest BCUT2D eigenvalue weighted by Gasteiger charge is 2.36. The number of aromatic nitrogens is 1. The number of rotatable bonds is 7. The highest BCUT2D eigenvalue weighted by molar-refractivity contribution is 6.15. The van der Waals surface area contributed by atoms with Gasteiger partial charge in [0.15, 0.2) is 5.84 Å². The molecule has 0 fully saturated rings. The molecule has 304 valence electrons. The van der Waals surface area contributed by atoms with Crippen molar-refractivity contribution in [3.63, 3.8) is 0 Å². The molecule has 1 N–H and O–H groups in total. The van der Waals surface area contributed by atoms with Gasteiger partial charge in [0.2, 0.25) is 0 Å². The lowest BCUT2D eigenvalue weighted by Gasteiger charge is -2.35. The van der Waals surface area contributed by atoms with Crippen molar-refractivity contribution in [3.05, 3.63) is 246 Å². The maximum absolute atomic E-state index is 5.23. The van der Waals surface area contributed by atoms with Gasteiger partial charge in [-0.05, 0) is 104 Å². The van der Waals surface area contributed by atoms with Crippen molar-refractivity contribution in [2.45, 2.75) is 25.4 Å². The smallest absolute Gasteiger partial charge is 0.159 e. The van der Waals surface area contributed by atoms with Crippen molar-refractivity contribution in [3.8, 4) is 50.2 Å². The van der Waals surface area contributed by atoms with Crippen LogP contribution >= 0.6 is 0 Å². The van der Waals surface area contributed by atoms with E-state index in [4.69, 9.17) is 9.98 Å². The summed E-state index contributed by atoms with van der Waals surface area (Å²) in [5, 5.41) is 6.22. The Kier molecular flexibility index (Phi) is 8.87. The molecule has 12 rings (SSSR count). The predicted molar refractivity (Wildman–Crippen MR) is 266 cm³/mol. The first-order valence-electron chi connectivity index (χ1n) is 22.1. The topological polar surface area (TPSA) is 41.7 Å². The highest BCUT2D eigenvalue weighted by Crippen LogP contribution is 2.50. The Bertz CT molecular complexity index is 3460. The van der Waals surface area contributed by atoms with Gasteiger partial charge in [-0.25, -0.2) is 9.98 Å². The van der Waals surface area contributed by atoms with E-state index >= 15 is 0 Å². The molecule has 0 amide bonds. The Labute approximate surface area is 373 Å². The third-order valence-electron chi connectivity index (χ3n) is 13.2. The number of fused-ring (bicyclic) bond motifs is 5. The molecule has 0 aliphatic carbocycles. The van der Waals surface area contributed by atoms with Crippen LogP contribution in [-0.4, -0.2) is 16.2 Å². The molecule has 1 unspecified atom stereocenters. The van der Waals surface area contributed by atoms with Gasteiger partial charge < -0.3 is 9.88 Å². The lowest BCUT2D eigenvalue weighted by Crippen LogP contribution is -2.33. The van der Waals surface area contributed by atoms with Gasteiger partial charge in [0.05, 0.1) is 16.7 Å². The van der Waals surface area contributed by atoms with Crippen LogP contribution in [0.5, 0.6) is 0 Å². The van der Waals surface area contributed by atoms with Gasteiger partial charge in [-0.15, -0.1) is 0 Å². The fraction of sp³-hybridized carbons (Fsp3) is 0.0667. The molecule has 2 aliphatic heterocycles. The fourth-order valence-electron chi connectivity index (χ4n) is 9.86. The SMILES string of the molecule is CC1(C)c2cc(-c3ccccc3)ccc2-n2c3ccc(-c4cccc(C5N=C(c6ccccc6)N=C(c6ccc(-c7ccccc7)cc6)N5)c4)cc3c3cc(-c4ccccc4)cc1c32. The number of aliphatic imine (C=N–C) groups is 2. The van der Waals surface area contributed by atoms with E-state index < -0.39 is 0 Å². The van der Waals surface area contributed by atoms with Crippen LogP contribution in [0.3, 0.4) is 0 Å². The Morgan fingerprint density at radius 3 is 1.61 bits per heavy atom. The van der Waals surface area contributed by atoms with E-state index in [9.17, 15) is 0 Å². The number of hydrogen-bond donors (Lipinski definition) is 1. The molecule has 10 aromatic rings. The van der Waals surface area contributed by atoms with Gasteiger partial charge in [-0.3, -0.25) is 0 Å². The molecule has 0 spiro atoms. The summed E-state index contributed by atoms with van der Waals surface area (Å²) in [6.07, 6.45) is -0.341. The van der Waals surface area contributed by atoms with Crippen molar-refractivity contribution in [2.24, 2.45) is 9.98 Å². The third-order valence-corrected chi connectivity index (χ3v) is 13.2. The first-order chi connectivity index (χ1) is 31.5. The minimum absolute atomic E-state index is 0.247. The van der Waals surface area contributed by atoms with Gasteiger partial charge in [0.1, 0.15) is 12.0 Å². The molecule has 0 radical (unpaired) electrons. The average Bonchev–Trinajstić information content (AvgIpc) is 3.70. The quantitative estimate of drug-likeness (QED) is 0.171. The van der Waals surface area contributed by atoms with Crippen LogP contribution in [0.1, 0.15) is 47.8 Å². The van der Waals surface area contributed by atoms with Gasteiger partial charge in [-0.2, -0.15) is 0 Å². The zero-order valence-electron chi connectivity index (χ0n) is 35.7. The van der Waals surface area contributed by atoms with Crippen molar-refractivity contribution in [2.75, 3.05) is 0 Å². The molecular weight excluding hydrogens is 777 g/mol. The van der Waals surface area contributed by atoms with E-state index in [1.807, 2.05) is 24.3 Å². The largest absolute Gasteiger partial charge is 0.344 e. The first-order valence-corrected chi connectivity index (χ1v) is 22.1. The summed E-state index contributed by atoms with van der Waals surface area (Å²) < 4.78 is 2.52. The summed E-state index contributed by atoms with van der Waals surface area (Å²) in [5.41, 5.74) is 18.8. The Hall–Kier alpha value is -8.08. The van der Waals surface area contributed by atoms with Crippen LogP contribution in [0.15, 0.2) is 228 Å². The molecule has 0 saturated carbocycles. The summed E-state index contributed by atoms with van der Waals surface area (Å²) in [5.74, 6) is 1.51.